The molecule has 5 heteroatoms. The molecular weight excluding hydrogens is 232 g/mol. The van der Waals surface area contributed by atoms with E-state index in [1.54, 1.807) is 0 Å². The Kier molecular flexibility index (Phi) is 3.19. The molecule has 3 nitrogen and oxygen atoms in total. The zero-order valence-electron chi connectivity index (χ0n) is 8.90. The number of anilines is 1. The average molecular weight is 247 g/mol. The Morgan fingerprint density at radius 3 is 2.80 bits per heavy atom. The Morgan fingerprint density at radius 2 is 2.33 bits per heavy atom. The van der Waals surface area contributed by atoms with Gasteiger partial charge in [0.1, 0.15) is 5.15 Å². The lowest BCUT2D eigenvalue weighted by atomic mass is 10.1. The molecule has 1 aromatic heterocycles. The fraction of sp³-hybridized carbons (Fsp3) is 0.700. The van der Waals surface area contributed by atoms with Gasteiger partial charge in [0.15, 0.2) is 5.13 Å². The van der Waals surface area contributed by atoms with Gasteiger partial charge in [-0.1, -0.05) is 29.9 Å². The van der Waals surface area contributed by atoms with Gasteiger partial charge in [0.05, 0.1) is 11.5 Å². The minimum Gasteiger partial charge on any atom is -0.391 e. The number of hydrogen-bond acceptors (Lipinski definition) is 4. The first kappa shape index (κ1) is 11.2. The molecule has 0 radical (unpaired) electrons. The van der Waals surface area contributed by atoms with Crippen LogP contribution < -0.4 is 4.90 Å². The predicted molar refractivity (Wildman–Crippen MR) is 63.6 cm³/mol. The maximum Gasteiger partial charge on any atom is 0.187 e. The van der Waals surface area contributed by atoms with Gasteiger partial charge in [-0.3, -0.25) is 0 Å². The Morgan fingerprint density at radius 1 is 1.60 bits per heavy atom. The summed E-state index contributed by atoms with van der Waals surface area (Å²) >= 11 is 7.42. The van der Waals surface area contributed by atoms with Crippen molar-refractivity contribution in [1.82, 2.24) is 4.98 Å². The number of nitrogens with zero attached hydrogens (tertiary/aromatic N) is 2. The average Bonchev–Trinajstić information content (AvgIpc) is 2.69. The van der Waals surface area contributed by atoms with Crippen LogP contribution in [0.25, 0.3) is 0 Å². The van der Waals surface area contributed by atoms with Crippen molar-refractivity contribution in [3.8, 4) is 0 Å². The Balaban J connectivity index is 2.22. The van der Waals surface area contributed by atoms with Gasteiger partial charge in [0, 0.05) is 12.6 Å². The Hall–Kier alpha value is -0.320. The molecule has 0 aliphatic carbocycles. The predicted octanol–water partition coefficient (Wildman–Crippen LogP) is 2.52. The van der Waals surface area contributed by atoms with Gasteiger partial charge in [-0.2, -0.15) is 0 Å². The molecule has 1 saturated heterocycles. The number of aliphatic hydroxyl groups is 1. The van der Waals surface area contributed by atoms with Crippen molar-refractivity contribution < 1.29 is 5.11 Å². The number of aliphatic hydroxyl groups excluding tert-OH is 1. The summed E-state index contributed by atoms with van der Waals surface area (Å²) in [4.78, 5) is 7.34. The normalized spacial score (nSPS) is 26.3. The molecule has 84 valence electrons. The van der Waals surface area contributed by atoms with Gasteiger partial charge < -0.3 is 10.0 Å². The quantitative estimate of drug-likeness (QED) is 0.871. The van der Waals surface area contributed by atoms with E-state index in [0.29, 0.717) is 17.1 Å². The maximum atomic E-state index is 9.06. The molecular formula is C10H15ClN2OS. The molecule has 1 aliphatic rings. The number of thiazole rings is 1. The van der Waals surface area contributed by atoms with E-state index in [9.17, 15) is 0 Å². The fourth-order valence-electron chi connectivity index (χ4n) is 2.11. The first-order chi connectivity index (χ1) is 7.11. The SMILES string of the molecule is CC1CC(C)N(c2nc(Cl)c(CO)s2)C1. The van der Waals surface area contributed by atoms with Gasteiger partial charge in [-0.25, -0.2) is 4.98 Å². The fourth-order valence-corrected chi connectivity index (χ4v) is 3.34. The van der Waals surface area contributed by atoms with Gasteiger partial charge >= 0.3 is 0 Å². The summed E-state index contributed by atoms with van der Waals surface area (Å²) in [6.07, 6.45) is 1.20. The highest BCUT2D eigenvalue weighted by Crippen LogP contribution is 2.35. The summed E-state index contributed by atoms with van der Waals surface area (Å²) in [5.74, 6) is 0.709. The van der Waals surface area contributed by atoms with E-state index >= 15 is 0 Å². The summed E-state index contributed by atoms with van der Waals surface area (Å²) in [6.45, 7) is 5.47. The highest BCUT2D eigenvalue weighted by atomic mass is 35.5. The molecule has 2 rings (SSSR count). The summed E-state index contributed by atoms with van der Waals surface area (Å²) in [5.41, 5.74) is 0. The molecule has 0 bridgehead atoms. The van der Waals surface area contributed by atoms with Crippen molar-refractivity contribution in [2.75, 3.05) is 11.4 Å². The molecule has 0 amide bonds. The lowest BCUT2D eigenvalue weighted by molar-refractivity contribution is 0.285. The molecule has 2 atom stereocenters. The summed E-state index contributed by atoms with van der Waals surface area (Å²) in [6, 6.07) is 0.522. The third kappa shape index (κ3) is 2.12. The van der Waals surface area contributed by atoms with E-state index in [2.05, 4.69) is 23.7 Å². The van der Waals surface area contributed by atoms with Crippen LogP contribution in [0.2, 0.25) is 5.15 Å². The van der Waals surface area contributed by atoms with Gasteiger partial charge in [-0.15, -0.1) is 0 Å². The van der Waals surface area contributed by atoms with E-state index in [4.69, 9.17) is 16.7 Å². The molecule has 1 N–H and O–H groups in total. The lowest BCUT2D eigenvalue weighted by Gasteiger charge is -2.19. The molecule has 1 aromatic rings. The molecule has 2 heterocycles. The van der Waals surface area contributed by atoms with Crippen molar-refractivity contribution in [2.45, 2.75) is 32.9 Å². The number of rotatable bonds is 2. The van der Waals surface area contributed by atoms with Crippen LogP contribution in [0.5, 0.6) is 0 Å². The second-order valence-electron chi connectivity index (χ2n) is 4.21. The molecule has 1 aliphatic heterocycles. The highest BCUT2D eigenvalue weighted by molar-refractivity contribution is 7.16. The number of hydrogen-bond donors (Lipinski definition) is 1. The van der Waals surface area contributed by atoms with E-state index in [1.807, 2.05) is 0 Å². The zero-order chi connectivity index (χ0) is 11.0. The topological polar surface area (TPSA) is 36.4 Å². The van der Waals surface area contributed by atoms with Crippen LogP contribution in [0.3, 0.4) is 0 Å². The summed E-state index contributed by atoms with van der Waals surface area (Å²) in [7, 11) is 0. The first-order valence-corrected chi connectivity index (χ1v) is 6.34. The Labute approximate surface area is 98.7 Å². The largest absolute Gasteiger partial charge is 0.391 e. The smallest absolute Gasteiger partial charge is 0.187 e. The standard InChI is InChI=1S/C10H15ClN2OS/c1-6-3-7(2)13(4-6)10-12-9(11)8(5-14)15-10/h6-7,14H,3-5H2,1-2H3. The maximum absolute atomic E-state index is 9.06. The highest BCUT2D eigenvalue weighted by Gasteiger charge is 2.28. The first-order valence-electron chi connectivity index (χ1n) is 5.14. The van der Waals surface area contributed by atoms with Crippen LogP contribution in [-0.2, 0) is 6.61 Å². The second kappa shape index (κ2) is 4.28. The molecule has 1 fully saturated rings. The third-order valence-electron chi connectivity index (χ3n) is 2.81. The molecule has 0 saturated carbocycles. The van der Waals surface area contributed by atoms with E-state index < -0.39 is 0 Å². The second-order valence-corrected chi connectivity index (χ2v) is 5.63. The number of halogens is 1. The van der Waals surface area contributed by atoms with Crippen LogP contribution in [0.4, 0.5) is 5.13 Å². The molecule has 2 unspecified atom stereocenters. The molecule has 15 heavy (non-hydrogen) atoms. The van der Waals surface area contributed by atoms with Crippen LogP contribution in [0.1, 0.15) is 25.1 Å². The molecule has 0 aromatic carbocycles. The van der Waals surface area contributed by atoms with Crippen molar-refractivity contribution in [1.29, 1.82) is 0 Å². The van der Waals surface area contributed by atoms with Crippen molar-refractivity contribution in [3.05, 3.63) is 10.0 Å². The van der Waals surface area contributed by atoms with Crippen LogP contribution in [0.15, 0.2) is 0 Å². The zero-order valence-corrected chi connectivity index (χ0v) is 10.5. The third-order valence-corrected chi connectivity index (χ3v) is 4.31. The van der Waals surface area contributed by atoms with E-state index in [-0.39, 0.29) is 6.61 Å². The van der Waals surface area contributed by atoms with Gasteiger partial charge in [0.25, 0.3) is 0 Å². The minimum absolute atomic E-state index is 0.0196. The van der Waals surface area contributed by atoms with Crippen LogP contribution in [-0.4, -0.2) is 22.7 Å². The molecule has 0 spiro atoms. The van der Waals surface area contributed by atoms with Crippen LogP contribution >= 0.6 is 22.9 Å². The van der Waals surface area contributed by atoms with Crippen LogP contribution in [0, 0.1) is 5.92 Å². The van der Waals surface area contributed by atoms with Crippen molar-refractivity contribution >= 4 is 28.1 Å². The van der Waals surface area contributed by atoms with Crippen molar-refractivity contribution in [3.63, 3.8) is 0 Å². The summed E-state index contributed by atoms with van der Waals surface area (Å²) in [5, 5.41) is 10.5. The lowest BCUT2D eigenvalue weighted by Crippen LogP contribution is -2.26. The van der Waals surface area contributed by atoms with E-state index in [0.717, 1.165) is 16.6 Å². The van der Waals surface area contributed by atoms with Gasteiger partial charge in [0.2, 0.25) is 0 Å². The van der Waals surface area contributed by atoms with Gasteiger partial charge in [-0.05, 0) is 19.3 Å². The van der Waals surface area contributed by atoms with E-state index in [1.165, 1.54) is 17.8 Å². The summed E-state index contributed by atoms with van der Waals surface area (Å²) < 4.78 is 0. The monoisotopic (exact) mass is 246 g/mol. The Bertz CT molecular complexity index is 355. The minimum atomic E-state index is -0.0196. The number of aromatic nitrogens is 1. The van der Waals surface area contributed by atoms with Crippen molar-refractivity contribution in [2.24, 2.45) is 5.92 Å².